The summed E-state index contributed by atoms with van der Waals surface area (Å²) in [7, 11) is 1.44. The normalized spacial score (nSPS) is 11.0. The van der Waals surface area contributed by atoms with E-state index in [2.05, 4.69) is 5.32 Å². The van der Waals surface area contributed by atoms with Crippen LogP contribution in [0.15, 0.2) is 42.6 Å². The van der Waals surface area contributed by atoms with Crippen LogP contribution in [0.4, 0.5) is 9.18 Å². The molecule has 1 N–H and O–H groups in total. The molecule has 0 aliphatic heterocycles. The van der Waals surface area contributed by atoms with Crippen LogP contribution in [0.5, 0.6) is 0 Å². The Bertz CT molecular complexity index is 855. The van der Waals surface area contributed by atoms with Gasteiger partial charge >= 0.3 is 6.09 Å². The van der Waals surface area contributed by atoms with E-state index in [1.807, 2.05) is 0 Å². The largest absolute Gasteiger partial charge is 0.444 e. The fourth-order valence-electron chi connectivity index (χ4n) is 2.29. The number of benzene rings is 1. The van der Waals surface area contributed by atoms with Crippen molar-refractivity contribution in [2.75, 3.05) is 18.6 Å². The van der Waals surface area contributed by atoms with Crippen molar-refractivity contribution in [1.29, 1.82) is 0 Å². The highest BCUT2D eigenvalue weighted by Crippen LogP contribution is 2.14. The van der Waals surface area contributed by atoms with Crippen molar-refractivity contribution >= 4 is 17.8 Å². The van der Waals surface area contributed by atoms with Gasteiger partial charge < -0.3 is 10.1 Å². The van der Waals surface area contributed by atoms with Crippen molar-refractivity contribution in [3.8, 4) is 0 Å². The van der Waals surface area contributed by atoms with E-state index in [0.29, 0.717) is 0 Å². The summed E-state index contributed by atoms with van der Waals surface area (Å²) >= 11 is 0. The molecule has 8 heteroatoms. The average molecular weight is 375 g/mol. The lowest BCUT2D eigenvalue weighted by Gasteiger charge is -2.23. The van der Waals surface area contributed by atoms with Crippen LogP contribution in [0.1, 0.15) is 36.8 Å². The van der Waals surface area contributed by atoms with Crippen LogP contribution in [0.3, 0.4) is 0 Å². The van der Waals surface area contributed by atoms with Crippen molar-refractivity contribution in [3.05, 3.63) is 59.7 Å². The van der Waals surface area contributed by atoms with Gasteiger partial charge in [-0.1, -0.05) is 12.1 Å². The highest BCUT2D eigenvalue weighted by atomic mass is 19.1. The molecule has 1 aromatic carbocycles. The smallest absolute Gasteiger partial charge is 0.408 e. The van der Waals surface area contributed by atoms with Crippen molar-refractivity contribution in [2.24, 2.45) is 0 Å². The molecule has 0 spiro atoms. The van der Waals surface area contributed by atoms with Gasteiger partial charge in [0.1, 0.15) is 23.7 Å². The van der Waals surface area contributed by atoms with Crippen LogP contribution in [0.25, 0.3) is 0 Å². The zero-order chi connectivity index (χ0) is 20.2. The topological polar surface area (TPSA) is 80.6 Å². The Labute approximate surface area is 156 Å². The Morgan fingerprint density at radius 3 is 2.44 bits per heavy atom. The van der Waals surface area contributed by atoms with Gasteiger partial charge in [0.2, 0.25) is 5.78 Å². The Hall–Kier alpha value is -3.16. The molecule has 0 aliphatic carbocycles. The van der Waals surface area contributed by atoms with Gasteiger partial charge in [-0.3, -0.25) is 19.3 Å². The first-order valence-corrected chi connectivity index (χ1v) is 8.30. The van der Waals surface area contributed by atoms with Crippen LogP contribution in [-0.2, 0) is 9.53 Å². The molecule has 7 nitrogen and oxygen atoms in total. The number of nitrogens with zero attached hydrogens (tertiary/aromatic N) is 2. The number of nitrogens with one attached hydrogen (secondary N) is 1. The van der Waals surface area contributed by atoms with Gasteiger partial charge in [-0.15, -0.1) is 0 Å². The molecule has 0 bridgehead atoms. The molecule has 0 radical (unpaired) electrons. The molecule has 144 valence electrons. The molecule has 1 aromatic heterocycles. The predicted molar refractivity (Wildman–Crippen MR) is 97.6 cm³/mol. The zero-order valence-electron chi connectivity index (χ0n) is 15.7. The van der Waals surface area contributed by atoms with Gasteiger partial charge in [0.05, 0.1) is 5.56 Å². The number of ether oxygens (including phenoxy) is 1. The number of ketones is 1. The monoisotopic (exact) mass is 375 g/mol. The maximum atomic E-state index is 13.9. The van der Waals surface area contributed by atoms with Crippen LogP contribution in [0.2, 0.25) is 0 Å². The molecular weight excluding hydrogens is 353 g/mol. The van der Waals surface area contributed by atoms with Gasteiger partial charge in [-0.25, -0.2) is 9.18 Å². The van der Waals surface area contributed by atoms with Gasteiger partial charge in [0.25, 0.3) is 5.91 Å². The number of hydrogen-bond donors (Lipinski definition) is 1. The summed E-state index contributed by atoms with van der Waals surface area (Å²) in [6, 6.07) is 8.67. The molecule has 2 aromatic rings. The molecule has 27 heavy (non-hydrogen) atoms. The number of carbonyl (C=O) groups is 3. The summed E-state index contributed by atoms with van der Waals surface area (Å²) in [5.41, 5.74) is -0.655. The van der Waals surface area contributed by atoms with E-state index < -0.39 is 29.2 Å². The van der Waals surface area contributed by atoms with Crippen molar-refractivity contribution < 1.29 is 23.5 Å². The second-order valence-electron chi connectivity index (χ2n) is 6.82. The summed E-state index contributed by atoms with van der Waals surface area (Å²) in [6.45, 7) is 4.81. The first kappa shape index (κ1) is 20.2. The zero-order valence-corrected chi connectivity index (χ0v) is 15.7. The third-order valence-electron chi connectivity index (χ3n) is 3.55. The van der Waals surface area contributed by atoms with Crippen LogP contribution >= 0.6 is 0 Å². The first-order chi connectivity index (χ1) is 12.6. The minimum absolute atomic E-state index is 0.0924. The number of rotatable bonds is 5. The Morgan fingerprint density at radius 1 is 1.15 bits per heavy atom. The SMILES string of the molecule is CN(C(=O)CNC(=O)OC(C)(C)C)n1cccc1C(=O)c1ccccc1F. The van der Waals surface area contributed by atoms with Crippen molar-refractivity contribution in [1.82, 2.24) is 9.99 Å². The fraction of sp³-hybridized carbons (Fsp3) is 0.316. The number of alkyl carbamates (subject to hydrolysis) is 1. The molecule has 1 heterocycles. The van der Waals surface area contributed by atoms with Gasteiger partial charge in [0.15, 0.2) is 0 Å². The molecule has 0 saturated heterocycles. The lowest BCUT2D eigenvalue weighted by Crippen LogP contribution is -2.45. The minimum atomic E-state index is -0.723. The van der Waals surface area contributed by atoms with E-state index >= 15 is 0 Å². The van der Waals surface area contributed by atoms with Crippen LogP contribution < -0.4 is 10.3 Å². The Balaban J connectivity index is 2.10. The average Bonchev–Trinajstić information content (AvgIpc) is 3.07. The summed E-state index contributed by atoms with van der Waals surface area (Å²) in [5.74, 6) is -1.69. The highest BCUT2D eigenvalue weighted by Gasteiger charge is 2.22. The third-order valence-corrected chi connectivity index (χ3v) is 3.55. The number of carbonyl (C=O) groups excluding carboxylic acids is 3. The minimum Gasteiger partial charge on any atom is -0.444 e. The van der Waals surface area contributed by atoms with Crippen LogP contribution in [-0.4, -0.2) is 41.7 Å². The van der Waals surface area contributed by atoms with Crippen molar-refractivity contribution in [3.63, 3.8) is 0 Å². The first-order valence-electron chi connectivity index (χ1n) is 8.30. The van der Waals surface area contributed by atoms with E-state index in [4.69, 9.17) is 4.74 Å². The van der Waals surface area contributed by atoms with E-state index in [9.17, 15) is 18.8 Å². The molecule has 0 atom stereocenters. The summed E-state index contributed by atoms with van der Waals surface area (Å²) in [6.07, 6.45) is 0.777. The Kier molecular flexibility index (Phi) is 5.99. The quantitative estimate of drug-likeness (QED) is 0.814. The molecule has 0 aliphatic rings. The van der Waals surface area contributed by atoms with E-state index in [1.54, 1.807) is 32.9 Å². The number of hydrogen-bond acceptors (Lipinski definition) is 4. The molecule has 0 unspecified atom stereocenters. The van der Waals surface area contributed by atoms with Crippen molar-refractivity contribution in [2.45, 2.75) is 26.4 Å². The molecule has 2 amide bonds. The fourth-order valence-corrected chi connectivity index (χ4v) is 2.29. The standard InChI is InChI=1S/C19H22FN3O4/c1-19(2,3)27-18(26)21-12-16(24)22(4)23-11-7-10-15(23)17(25)13-8-5-6-9-14(13)20/h5-11H,12H2,1-4H3,(H,21,26). The number of amides is 2. The summed E-state index contributed by atoms with van der Waals surface area (Å²) in [4.78, 5) is 36.6. The molecule has 2 rings (SSSR count). The van der Waals surface area contributed by atoms with Gasteiger partial charge in [0, 0.05) is 13.2 Å². The summed E-state index contributed by atoms with van der Waals surface area (Å²) < 4.78 is 20.3. The predicted octanol–water partition coefficient (Wildman–Crippen LogP) is 2.48. The third kappa shape index (κ3) is 5.16. The maximum Gasteiger partial charge on any atom is 0.408 e. The number of likely N-dealkylation sites (N-methyl/N-ethyl adjacent to an activating group) is 1. The number of halogens is 1. The maximum absolute atomic E-state index is 13.9. The van der Waals surface area contributed by atoms with E-state index in [0.717, 1.165) is 5.01 Å². The Morgan fingerprint density at radius 2 is 1.81 bits per heavy atom. The van der Waals surface area contributed by atoms with E-state index in [-0.39, 0.29) is 17.8 Å². The molecule has 0 fully saturated rings. The molecule has 0 saturated carbocycles. The van der Waals surface area contributed by atoms with Gasteiger partial charge in [-0.05, 0) is 45.0 Å². The van der Waals surface area contributed by atoms with Gasteiger partial charge in [-0.2, -0.15) is 0 Å². The molecular formula is C19H22FN3O4. The lowest BCUT2D eigenvalue weighted by molar-refractivity contribution is -0.119. The highest BCUT2D eigenvalue weighted by molar-refractivity contribution is 6.08. The second kappa shape index (κ2) is 8.03. The van der Waals surface area contributed by atoms with Crippen LogP contribution in [0, 0.1) is 5.82 Å². The summed E-state index contributed by atoms with van der Waals surface area (Å²) in [5, 5.41) is 3.52. The number of aromatic nitrogens is 1. The second-order valence-corrected chi connectivity index (χ2v) is 6.82. The lowest BCUT2D eigenvalue weighted by atomic mass is 10.1. The van der Waals surface area contributed by atoms with E-state index in [1.165, 1.54) is 42.2 Å².